The summed E-state index contributed by atoms with van der Waals surface area (Å²) >= 11 is 0. The van der Waals surface area contributed by atoms with Crippen molar-refractivity contribution in [2.75, 3.05) is 13.2 Å². The van der Waals surface area contributed by atoms with Gasteiger partial charge in [-0.3, -0.25) is 14.4 Å². The number of rotatable bonds is 61. The van der Waals surface area contributed by atoms with E-state index in [1.54, 1.807) is 0 Å². The first-order valence-electron chi connectivity index (χ1n) is 32.8. The molecule has 1 unspecified atom stereocenters. The molecule has 0 N–H and O–H groups in total. The Labute approximate surface area is 455 Å². The molecule has 0 amide bonds. The largest absolute Gasteiger partial charge is 0.462 e. The van der Waals surface area contributed by atoms with Crippen LogP contribution in [0.15, 0.2) is 24.3 Å². The molecule has 1 atom stereocenters. The number of esters is 3. The third-order valence-electron chi connectivity index (χ3n) is 15.0. The van der Waals surface area contributed by atoms with E-state index in [0.29, 0.717) is 19.3 Å². The van der Waals surface area contributed by atoms with Crippen LogP contribution in [0.1, 0.15) is 367 Å². The third-order valence-corrected chi connectivity index (χ3v) is 15.0. The lowest BCUT2D eigenvalue weighted by Gasteiger charge is -2.18. The van der Waals surface area contributed by atoms with Gasteiger partial charge in [0, 0.05) is 19.3 Å². The second-order valence-electron chi connectivity index (χ2n) is 22.4. The Bertz CT molecular complexity index is 1180. The molecule has 0 fully saturated rings. The molecule has 0 bridgehead atoms. The molecule has 73 heavy (non-hydrogen) atoms. The third kappa shape index (κ3) is 60.6. The van der Waals surface area contributed by atoms with Crippen molar-refractivity contribution < 1.29 is 28.6 Å². The Balaban J connectivity index is 3.91. The van der Waals surface area contributed by atoms with Gasteiger partial charge in [-0.05, 0) is 51.4 Å². The van der Waals surface area contributed by atoms with Gasteiger partial charge in [0.15, 0.2) is 6.10 Å². The number of ether oxygens (including phenoxy) is 3. The highest BCUT2D eigenvalue weighted by Gasteiger charge is 2.19. The van der Waals surface area contributed by atoms with E-state index in [1.807, 2.05) is 0 Å². The fourth-order valence-corrected chi connectivity index (χ4v) is 10.0. The van der Waals surface area contributed by atoms with E-state index in [0.717, 1.165) is 64.2 Å². The summed E-state index contributed by atoms with van der Waals surface area (Å²) in [6.07, 6.45) is 75.3. The van der Waals surface area contributed by atoms with Crippen LogP contribution < -0.4 is 0 Å². The van der Waals surface area contributed by atoms with E-state index in [1.165, 1.54) is 263 Å². The molecule has 0 saturated carbocycles. The minimum atomic E-state index is -0.762. The van der Waals surface area contributed by atoms with Gasteiger partial charge in [0.25, 0.3) is 0 Å². The molecule has 0 aliphatic heterocycles. The zero-order valence-corrected chi connectivity index (χ0v) is 49.4. The van der Waals surface area contributed by atoms with Crippen molar-refractivity contribution in [2.45, 2.75) is 374 Å². The summed E-state index contributed by atoms with van der Waals surface area (Å²) in [5.74, 6) is -0.849. The monoisotopic (exact) mass is 1030 g/mol. The molecular weight excluding hydrogens is 901 g/mol. The maximum absolute atomic E-state index is 12.8. The van der Waals surface area contributed by atoms with Crippen molar-refractivity contribution in [3.05, 3.63) is 24.3 Å². The van der Waals surface area contributed by atoms with E-state index in [4.69, 9.17) is 14.2 Å². The topological polar surface area (TPSA) is 78.9 Å². The van der Waals surface area contributed by atoms with E-state index in [2.05, 4.69) is 45.1 Å². The summed E-state index contributed by atoms with van der Waals surface area (Å²) in [5.41, 5.74) is 0. The average molecular weight is 1030 g/mol. The predicted molar refractivity (Wildman–Crippen MR) is 316 cm³/mol. The van der Waals surface area contributed by atoms with Crippen molar-refractivity contribution >= 4 is 17.9 Å². The molecular formula is C67H126O6. The molecule has 0 aromatic heterocycles. The van der Waals surface area contributed by atoms with Crippen LogP contribution in [0.4, 0.5) is 0 Å². The Morgan fingerprint density at radius 2 is 0.493 bits per heavy atom. The molecule has 0 heterocycles. The van der Waals surface area contributed by atoms with Crippen LogP contribution in [0, 0.1) is 0 Å². The van der Waals surface area contributed by atoms with Gasteiger partial charge in [-0.15, -0.1) is 0 Å². The summed E-state index contributed by atoms with van der Waals surface area (Å²) in [5, 5.41) is 0. The van der Waals surface area contributed by atoms with Crippen LogP contribution >= 0.6 is 0 Å². The van der Waals surface area contributed by atoms with Crippen molar-refractivity contribution in [3.63, 3.8) is 0 Å². The van der Waals surface area contributed by atoms with E-state index >= 15 is 0 Å². The molecule has 430 valence electrons. The van der Waals surface area contributed by atoms with Gasteiger partial charge in [0.1, 0.15) is 13.2 Å². The van der Waals surface area contributed by atoms with E-state index in [9.17, 15) is 14.4 Å². The van der Waals surface area contributed by atoms with Crippen molar-refractivity contribution in [1.82, 2.24) is 0 Å². The zero-order valence-electron chi connectivity index (χ0n) is 49.4. The molecule has 0 spiro atoms. The Morgan fingerprint density at radius 1 is 0.274 bits per heavy atom. The normalized spacial score (nSPS) is 12.1. The molecule has 0 aromatic rings. The fraction of sp³-hybridized carbons (Fsp3) is 0.896. The maximum atomic E-state index is 12.8. The van der Waals surface area contributed by atoms with Crippen molar-refractivity contribution in [2.24, 2.45) is 0 Å². The van der Waals surface area contributed by atoms with Crippen molar-refractivity contribution in [1.29, 1.82) is 0 Å². The second-order valence-corrected chi connectivity index (χ2v) is 22.4. The van der Waals surface area contributed by atoms with Crippen LogP contribution in [0.3, 0.4) is 0 Å². The van der Waals surface area contributed by atoms with Crippen molar-refractivity contribution in [3.8, 4) is 0 Å². The molecule has 0 aliphatic carbocycles. The van der Waals surface area contributed by atoms with Crippen LogP contribution in [0.5, 0.6) is 0 Å². The summed E-state index contributed by atoms with van der Waals surface area (Å²) in [6.45, 7) is 6.63. The molecule has 0 aliphatic rings. The summed E-state index contributed by atoms with van der Waals surface area (Å²) < 4.78 is 16.8. The quantitative estimate of drug-likeness (QED) is 0.0261. The smallest absolute Gasteiger partial charge is 0.306 e. The standard InChI is InChI=1S/C67H126O6/c1-4-7-10-13-16-18-20-22-24-26-27-28-29-30-31-32-33-34-35-36-37-38-39-40-41-42-44-45-47-49-51-54-57-60-66(69)72-63-64(62-71-65(68)59-56-53-15-12-9-6-3)73-67(70)61-58-55-52-50-48-46-43-25-23-21-19-17-14-11-8-5-2/h20,22,26-27,64H,4-19,21,23-25,28-63H2,1-3H3/b22-20-,27-26-. The lowest BCUT2D eigenvalue weighted by Crippen LogP contribution is -2.30. The molecule has 0 rings (SSSR count). The van der Waals surface area contributed by atoms with Gasteiger partial charge < -0.3 is 14.2 Å². The van der Waals surface area contributed by atoms with Gasteiger partial charge in [-0.25, -0.2) is 0 Å². The van der Waals surface area contributed by atoms with Crippen LogP contribution in [-0.2, 0) is 28.6 Å². The van der Waals surface area contributed by atoms with Gasteiger partial charge in [-0.2, -0.15) is 0 Å². The van der Waals surface area contributed by atoms with E-state index < -0.39 is 6.10 Å². The predicted octanol–water partition coefficient (Wildman–Crippen LogP) is 22.2. The Hall–Kier alpha value is -2.11. The number of carbonyl (C=O) groups excluding carboxylic acids is 3. The lowest BCUT2D eigenvalue weighted by molar-refractivity contribution is -0.167. The minimum absolute atomic E-state index is 0.0644. The highest BCUT2D eigenvalue weighted by molar-refractivity contribution is 5.71. The fourth-order valence-electron chi connectivity index (χ4n) is 10.0. The number of hydrogen-bond donors (Lipinski definition) is 0. The van der Waals surface area contributed by atoms with Crippen LogP contribution in [-0.4, -0.2) is 37.2 Å². The average Bonchev–Trinajstić information content (AvgIpc) is 3.39. The van der Waals surface area contributed by atoms with Gasteiger partial charge in [0.05, 0.1) is 0 Å². The van der Waals surface area contributed by atoms with Crippen LogP contribution in [0.25, 0.3) is 0 Å². The molecule has 0 saturated heterocycles. The van der Waals surface area contributed by atoms with Gasteiger partial charge in [-0.1, -0.05) is 321 Å². The Kier molecular flexibility index (Phi) is 60.6. The zero-order chi connectivity index (χ0) is 52.9. The maximum Gasteiger partial charge on any atom is 0.306 e. The first kappa shape index (κ1) is 70.9. The lowest BCUT2D eigenvalue weighted by atomic mass is 10.0. The molecule has 0 aromatic carbocycles. The SMILES string of the molecule is CCCCCCC/C=C\C/C=C\CCCCCCCCCCCCCCCCCCCCCCCC(=O)OCC(COC(=O)CCCCCCCC)OC(=O)CCCCCCCCCCCCCCCCCC. The number of allylic oxidation sites excluding steroid dienone is 4. The van der Waals surface area contributed by atoms with Gasteiger partial charge in [0.2, 0.25) is 0 Å². The first-order chi connectivity index (χ1) is 36.0. The molecule has 0 radical (unpaired) electrons. The molecule has 6 nitrogen and oxygen atoms in total. The van der Waals surface area contributed by atoms with E-state index in [-0.39, 0.29) is 31.1 Å². The van der Waals surface area contributed by atoms with Crippen LogP contribution in [0.2, 0.25) is 0 Å². The van der Waals surface area contributed by atoms with Gasteiger partial charge >= 0.3 is 17.9 Å². The second kappa shape index (κ2) is 62.4. The summed E-state index contributed by atoms with van der Waals surface area (Å²) in [4.78, 5) is 37.9. The number of unbranched alkanes of at least 4 members (excludes halogenated alkanes) is 46. The number of carbonyl (C=O) groups is 3. The highest BCUT2D eigenvalue weighted by atomic mass is 16.6. The first-order valence-corrected chi connectivity index (χ1v) is 32.8. The number of hydrogen-bond acceptors (Lipinski definition) is 6. The molecule has 6 heteroatoms. The summed E-state index contributed by atoms with van der Waals surface area (Å²) in [6, 6.07) is 0. The highest BCUT2D eigenvalue weighted by Crippen LogP contribution is 2.18. The Morgan fingerprint density at radius 3 is 0.753 bits per heavy atom. The minimum Gasteiger partial charge on any atom is -0.462 e. The summed E-state index contributed by atoms with van der Waals surface area (Å²) in [7, 11) is 0.